The molecule has 4 heteroatoms. The van der Waals surface area contributed by atoms with Crippen LogP contribution in [0.1, 0.15) is 28.8 Å². The summed E-state index contributed by atoms with van der Waals surface area (Å²) in [7, 11) is 0. The van der Waals surface area contributed by atoms with Crippen molar-refractivity contribution >= 4 is 11.8 Å². The summed E-state index contributed by atoms with van der Waals surface area (Å²) < 4.78 is 0. The third-order valence-electron chi connectivity index (χ3n) is 4.34. The van der Waals surface area contributed by atoms with E-state index in [1.165, 1.54) is 0 Å². The van der Waals surface area contributed by atoms with E-state index >= 15 is 0 Å². The molecule has 0 radical (unpaired) electrons. The molecule has 2 aromatic carbocycles. The van der Waals surface area contributed by atoms with E-state index in [1.807, 2.05) is 53.4 Å². The van der Waals surface area contributed by atoms with Crippen LogP contribution in [0.2, 0.25) is 0 Å². The number of benzene rings is 2. The van der Waals surface area contributed by atoms with Crippen LogP contribution in [-0.2, 0) is 11.2 Å². The number of nitrogens with zero attached hydrogens (tertiary/aromatic N) is 1. The molecule has 0 bridgehead atoms. The van der Waals surface area contributed by atoms with Gasteiger partial charge < -0.3 is 10.2 Å². The highest BCUT2D eigenvalue weighted by molar-refractivity contribution is 5.97. The highest BCUT2D eigenvalue weighted by atomic mass is 16.2. The quantitative estimate of drug-likeness (QED) is 0.920. The summed E-state index contributed by atoms with van der Waals surface area (Å²) in [5, 5.41) is 2.93. The van der Waals surface area contributed by atoms with Crippen LogP contribution in [-0.4, -0.2) is 35.8 Å². The maximum Gasteiger partial charge on any atom is 0.251 e. The van der Waals surface area contributed by atoms with Gasteiger partial charge in [0, 0.05) is 25.1 Å². The van der Waals surface area contributed by atoms with E-state index in [1.54, 1.807) is 12.1 Å². The largest absolute Gasteiger partial charge is 0.341 e. The Balaban J connectivity index is 1.76. The topological polar surface area (TPSA) is 49.4 Å². The highest BCUT2D eigenvalue weighted by Crippen LogP contribution is 2.13. The lowest BCUT2D eigenvalue weighted by Crippen LogP contribution is -2.49. The first-order chi connectivity index (χ1) is 11.7. The summed E-state index contributed by atoms with van der Waals surface area (Å²) in [6.07, 6.45) is 2.58. The highest BCUT2D eigenvalue weighted by Gasteiger charge is 2.28. The molecular formula is C20H22N2O2. The van der Waals surface area contributed by atoms with Crippen LogP contribution in [0.25, 0.3) is 0 Å². The van der Waals surface area contributed by atoms with Crippen LogP contribution in [0, 0.1) is 0 Å². The fourth-order valence-electron chi connectivity index (χ4n) is 3.04. The molecule has 0 aliphatic carbocycles. The van der Waals surface area contributed by atoms with Crippen molar-refractivity contribution in [3.05, 3.63) is 71.8 Å². The van der Waals surface area contributed by atoms with Gasteiger partial charge in [0.2, 0.25) is 5.91 Å². The van der Waals surface area contributed by atoms with E-state index < -0.39 is 6.04 Å². The number of likely N-dealkylation sites (tertiary alicyclic amines) is 1. The summed E-state index contributed by atoms with van der Waals surface area (Å²) in [5.74, 6) is -0.190. The van der Waals surface area contributed by atoms with Crippen molar-refractivity contribution in [2.45, 2.75) is 25.3 Å². The molecule has 1 fully saturated rings. The normalized spacial score (nSPS) is 15.1. The van der Waals surface area contributed by atoms with E-state index in [-0.39, 0.29) is 11.8 Å². The first-order valence-corrected chi connectivity index (χ1v) is 8.42. The monoisotopic (exact) mass is 322 g/mol. The zero-order valence-corrected chi connectivity index (χ0v) is 13.7. The molecule has 1 atom stereocenters. The Morgan fingerprint density at radius 2 is 1.50 bits per heavy atom. The molecule has 0 aromatic heterocycles. The number of rotatable bonds is 5. The van der Waals surface area contributed by atoms with Crippen molar-refractivity contribution < 1.29 is 9.59 Å². The predicted octanol–water partition coefficient (Wildman–Crippen LogP) is 2.65. The summed E-state index contributed by atoms with van der Waals surface area (Å²) in [5.41, 5.74) is 1.62. The van der Waals surface area contributed by atoms with E-state index in [0.717, 1.165) is 31.5 Å². The van der Waals surface area contributed by atoms with Crippen molar-refractivity contribution in [1.29, 1.82) is 0 Å². The molecule has 0 saturated carbocycles. The van der Waals surface area contributed by atoms with Crippen molar-refractivity contribution in [3.8, 4) is 0 Å². The fourth-order valence-corrected chi connectivity index (χ4v) is 3.04. The first kappa shape index (κ1) is 16.2. The van der Waals surface area contributed by atoms with E-state index in [0.29, 0.717) is 12.0 Å². The summed E-state index contributed by atoms with van der Waals surface area (Å²) in [4.78, 5) is 27.2. The minimum absolute atomic E-state index is 0.0145. The van der Waals surface area contributed by atoms with Crippen LogP contribution >= 0.6 is 0 Å². The molecule has 3 rings (SSSR count). The molecular weight excluding hydrogens is 300 g/mol. The average molecular weight is 322 g/mol. The van der Waals surface area contributed by atoms with E-state index in [4.69, 9.17) is 0 Å². The molecule has 24 heavy (non-hydrogen) atoms. The van der Waals surface area contributed by atoms with Crippen LogP contribution in [0.15, 0.2) is 60.7 Å². The smallest absolute Gasteiger partial charge is 0.251 e. The maximum atomic E-state index is 12.8. The van der Waals surface area contributed by atoms with Gasteiger partial charge in [0.1, 0.15) is 6.04 Å². The molecule has 1 aliphatic heterocycles. The average Bonchev–Trinajstić information content (AvgIpc) is 3.17. The Hall–Kier alpha value is -2.62. The van der Waals surface area contributed by atoms with Crippen LogP contribution in [0.3, 0.4) is 0 Å². The second-order valence-corrected chi connectivity index (χ2v) is 6.11. The number of amides is 2. The van der Waals surface area contributed by atoms with Gasteiger partial charge in [-0.25, -0.2) is 0 Å². The lowest BCUT2D eigenvalue weighted by atomic mass is 10.0. The Morgan fingerprint density at radius 3 is 2.12 bits per heavy atom. The summed E-state index contributed by atoms with van der Waals surface area (Å²) >= 11 is 0. The Morgan fingerprint density at radius 1 is 0.917 bits per heavy atom. The Kier molecular flexibility index (Phi) is 5.26. The van der Waals surface area contributed by atoms with Gasteiger partial charge in [-0.3, -0.25) is 9.59 Å². The number of nitrogens with one attached hydrogen (secondary N) is 1. The fraction of sp³-hybridized carbons (Fsp3) is 0.300. The molecule has 4 nitrogen and oxygen atoms in total. The van der Waals surface area contributed by atoms with Gasteiger partial charge in [0.15, 0.2) is 0 Å². The lowest BCUT2D eigenvalue weighted by Gasteiger charge is -2.24. The zero-order chi connectivity index (χ0) is 16.8. The van der Waals surface area contributed by atoms with Gasteiger partial charge in [-0.05, 0) is 30.5 Å². The van der Waals surface area contributed by atoms with Gasteiger partial charge in [0.05, 0.1) is 0 Å². The van der Waals surface area contributed by atoms with E-state index in [9.17, 15) is 9.59 Å². The second kappa shape index (κ2) is 7.77. The van der Waals surface area contributed by atoms with Crippen molar-refractivity contribution in [3.63, 3.8) is 0 Å². The molecule has 1 saturated heterocycles. The van der Waals surface area contributed by atoms with Gasteiger partial charge in [-0.2, -0.15) is 0 Å². The molecule has 1 heterocycles. The molecule has 2 aromatic rings. The van der Waals surface area contributed by atoms with Crippen molar-refractivity contribution in [2.75, 3.05) is 13.1 Å². The minimum Gasteiger partial charge on any atom is -0.341 e. The van der Waals surface area contributed by atoms with Gasteiger partial charge >= 0.3 is 0 Å². The van der Waals surface area contributed by atoms with Crippen molar-refractivity contribution in [1.82, 2.24) is 10.2 Å². The Bertz CT molecular complexity index is 679. The predicted molar refractivity (Wildman–Crippen MR) is 93.7 cm³/mol. The minimum atomic E-state index is -0.529. The van der Waals surface area contributed by atoms with Gasteiger partial charge in [-0.15, -0.1) is 0 Å². The number of hydrogen-bond acceptors (Lipinski definition) is 2. The number of carbonyl (C=O) groups excluding carboxylic acids is 2. The second-order valence-electron chi connectivity index (χ2n) is 6.11. The van der Waals surface area contributed by atoms with Crippen molar-refractivity contribution in [2.24, 2.45) is 0 Å². The molecule has 0 unspecified atom stereocenters. The third-order valence-corrected chi connectivity index (χ3v) is 4.34. The number of hydrogen-bond donors (Lipinski definition) is 1. The summed E-state index contributed by atoms with van der Waals surface area (Å²) in [6.45, 7) is 1.57. The van der Waals surface area contributed by atoms with Crippen LogP contribution in [0.5, 0.6) is 0 Å². The third kappa shape index (κ3) is 4.02. The molecule has 1 aliphatic rings. The lowest BCUT2D eigenvalue weighted by molar-refractivity contribution is -0.132. The van der Waals surface area contributed by atoms with E-state index in [2.05, 4.69) is 5.32 Å². The van der Waals surface area contributed by atoms with Crippen LogP contribution < -0.4 is 5.32 Å². The zero-order valence-electron chi connectivity index (χ0n) is 13.7. The first-order valence-electron chi connectivity index (χ1n) is 8.42. The van der Waals surface area contributed by atoms with Gasteiger partial charge in [0.25, 0.3) is 5.91 Å². The Labute approximate surface area is 142 Å². The standard InChI is InChI=1S/C20H22N2O2/c23-19(17-11-5-2-6-12-17)21-18(15-16-9-3-1-4-10-16)20(24)22-13-7-8-14-22/h1-6,9-12,18H,7-8,13-15H2,(H,21,23)/t18-/m0/s1. The SMILES string of the molecule is O=C(N[C@@H](Cc1ccccc1)C(=O)N1CCCC1)c1ccccc1. The maximum absolute atomic E-state index is 12.8. The van der Waals surface area contributed by atoms with Crippen LogP contribution in [0.4, 0.5) is 0 Å². The molecule has 1 N–H and O–H groups in total. The molecule has 124 valence electrons. The number of carbonyl (C=O) groups is 2. The van der Waals surface area contributed by atoms with Gasteiger partial charge in [-0.1, -0.05) is 48.5 Å². The summed E-state index contributed by atoms with van der Waals surface area (Å²) in [6, 6.07) is 18.3. The molecule has 0 spiro atoms. The molecule has 2 amide bonds.